The Hall–Kier alpha value is -3.17. The van der Waals surface area contributed by atoms with Gasteiger partial charge in [0.05, 0.1) is 11.4 Å². The molecule has 7 nitrogen and oxygen atoms in total. The maximum absolute atomic E-state index is 13.0. The van der Waals surface area contributed by atoms with E-state index >= 15 is 0 Å². The maximum Gasteiger partial charge on any atom is 0.358 e. The van der Waals surface area contributed by atoms with Gasteiger partial charge in [-0.1, -0.05) is 36.0 Å². The van der Waals surface area contributed by atoms with E-state index in [0.717, 1.165) is 32.5 Å². The highest BCUT2D eigenvalue weighted by atomic mass is 32.2. The van der Waals surface area contributed by atoms with E-state index in [9.17, 15) is 14.4 Å². The number of benzene rings is 2. The van der Waals surface area contributed by atoms with Crippen molar-refractivity contribution in [2.75, 3.05) is 16.8 Å². The second-order valence-corrected chi connectivity index (χ2v) is 8.00. The zero-order chi connectivity index (χ0) is 20.4. The predicted octanol–water partition coefficient (Wildman–Crippen LogP) is 4.09. The molecule has 0 saturated carbocycles. The molecule has 0 saturated heterocycles. The lowest BCUT2D eigenvalue weighted by Gasteiger charge is -2.30. The van der Waals surface area contributed by atoms with E-state index in [1.54, 1.807) is 16.7 Å². The molecule has 4 rings (SSSR count). The number of nitrogens with one attached hydrogen (secondary N) is 1. The Bertz CT molecular complexity index is 1070. The fourth-order valence-corrected chi connectivity index (χ4v) is 4.60. The van der Waals surface area contributed by atoms with Crippen molar-refractivity contribution in [1.82, 2.24) is 4.98 Å². The summed E-state index contributed by atoms with van der Waals surface area (Å²) in [6.07, 6.45) is 0. The molecule has 9 heteroatoms. The molecule has 29 heavy (non-hydrogen) atoms. The van der Waals surface area contributed by atoms with Crippen molar-refractivity contribution in [3.63, 3.8) is 0 Å². The molecule has 0 bridgehead atoms. The number of thiazole rings is 1. The maximum atomic E-state index is 13.0. The van der Waals surface area contributed by atoms with Crippen LogP contribution in [0, 0.1) is 0 Å². The first kappa shape index (κ1) is 19.2. The van der Waals surface area contributed by atoms with Crippen LogP contribution in [0.5, 0.6) is 0 Å². The highest BCUT2D eigenvalue weighted by Crippen LogP contribution is 2.47. The van der Waals surface area contributed by atoms with Crippen LogP contribution >= 0.6 is 23.1 Å². The highest BCUT2D eigenvalue weighted by Gasteiger charge is 2.28. The lowest BCUT2D eigenvalue weighted by molar-refractivity contribution is -0.121. The molecule has 2 amide bonds. The summed E-state index contributed by atoms with van der Waals surface area (Å²) >= 11 is 2.70. The molecular formula is C20H15N3O4S2. The summed E-state index contributed by atoms with van der Waals surface area (Å²) in [5.41, 5.74) is 1.54. The normalized spacial score (nSPS) is 12.0. The SMILES string of the molecule is CC(=O)Nc1nc(C(=O)OCC(=O)N2c3ccccc3Sc3ccccc32)cs1. The van der Waals surface area contributed by atoms with E-state index in [1.807, 2.05) is 48.5 Å². The van der Waals surface area contributed by atoms with E-state index in [1.165, 1.54) is 12.3 Å². The molecule has 0 radical (unpaired) electrons. The molecule has 0 atom stereocenters. The molecule has 0 fully saturated rings. The molecule has 1 aliphatic heterocycles. The number of carbonyl (C=O) groups excluding carboxylic acids is 3. The molecule has 146 valence electrons. The Balaban J connectivity index is 1.51. The first-order valence-electron chi connectivity index (χ1n) is 8.62. The van der Waals surface area contributed by atoms with Gasteiger partial charge < -0.3 is 10.1 Å². The number of hydrogen-bond donors (Lipinski definition) is 1. The van der Waals surface area contributed by atoms with Gasteiger partial charge in [-0.3, -0.25) is 14.5 Å². The Labute approximate surface area is 174 Å². The number of hydrogen-bond acceptors (Lipinski definition) is 7. The minimum atomic E-state index is -0.723. The van der Waals surface area contributed by atoms with E-state index in [0.29, 0.717) is 5.13 Å². The minimum absolute atomic E-state index is 0.0431. The molecule has 1 aliphatic rings. The van der Waals surface area contributed by atoms with Crippen LogP contribution in [0.1, 0.15) is 17.4 Å². The zero-order valence-corrected chi connectivity index (χ0v) is 16.9. The number of nitrogens with zero attached hydrogens (tertiary/aromatic N) is 2. The number of ether oxygens (including phenoxy) is 1. The number of para-hydroxylation sites is 2. The largest absolute Gasteiger partial charge is 0.451 e. The summed E-state index contributed by atoms with van der Waals surface area (Å²) in [6.45, 7) is 0.920. The molecule has 0 aliphatic carbocycles. The van der Waals surface area contributed by atoms with Crippen LogP contribution in [0.4, 0.5) is 16.5 Å². The second kappa shape index (κ2) is 8.06. The molecule has 0 spiro atoms. The average Bonchev–Trinajstić information content (AvgIpc) is 3.17. The minimum Gasteiger partial charge on any atom is -0.451 e. The van der Waals surface area contributed by atoms with Crippen LogP contribution in [0.15, 0.2) is 63.7 Å². The summed E-state index contributed by atoms with van der Waals surface area (Å²) in [7, 11) is 0. The Morgan fingerprint density at radius 2 is 1.66 bits per heavy atom. The van der Waals surface area contributed by atoms with Crippen molar-refractivity contribution in [2.45, 2.75) is 16.7 Å². The number of fused-ring (bicyclic) bond motifs is 2. The van der Waals surface area contributed by atoms with E-state index in [-0.39, 0.29) is 17.5 Å². The third kappa shape index (κ3) is 4.01. The second-order valence-electron chi connectivity index (χ2n) is 6.06. The van der Waals surface area contributed by atoms with E-state index in [4.69, 9.17) is 4.74 Å². The van der Waals surface area contributed by atoms with Gasteiger partial charge in [0.15, 0.2) is 17.4 Å². The van der Waals surface area contributed by atoms with E-state index in [2.05, 4.69) is 10.3 Å². The number of rotatable bonds is 4. The summed E-state index contributed by atoms with van der Waals surface area (Å²) < 4.78 is 5.19. The van der Waals surface area contributed by atoms with Crippen molar-refractivity contribution >= 4 is 57.4 Å². The Morgan fingerprint density at radius 3 is 2.28 bits per heavy atom. The molecule has 2 heterocycles. The summed E-state index contributed by atoms with van der Waals surface area (Å²) in [5.74, 6) is -1.37. The topological polar surface area (TPSA) is 88.6 Å². The average molecular weight is 425 g/mol. The van der Waals surface area contributed by atoms with Crippen molar-refractivity contribution in [3.05, 3.63) is 59.6 Å². The van der Waals surface area contributed by atoms with Crippen molar-refractivity contribution in [2.24, 2.45) is 0 Å². The molecule has 1 N–H and O–H groups in total. The summed E-state index contributed by atoms with van der Waals surface area (Å²) in [4.78, 5) is 43.8. The number of amides is 2. The van der Waals surface area contributed by atoms with Gasteiger partial charge in [0.2, 0.25) is 5.91 Å². The summed E-state index contributed by atoms with van der Waals surface area (Å²) in [6, 6.07) is 15.2. The van der Waals surface area contributed by atoms with Crippen LogP contribution < -0.4 is 10.2 Å². The fourth-order valence-electron chi connectivity index (χ4n) is 2.81. The van der Waals surface area contributed by atoms with Gasteiger partial charge in [-0.05, 0) is 24.3 Å². The predicted molar refractivity (Wildman–Crippen MR) is 111 cm³/mol. The highest BCUT2D eigenvalue weighted by molar-refractivity contribution is 7.99. The summed E-state index contributed by atoms with van der Waals surface area (Å²) in [5, 5.41) is 4.27. The lowest BCUT2D eigenvalue weighted by atomic mass is 10.2. The van der Waals surface area contributed by atoms with E-state index < -0.39 is 12.6 Å². The van der Waals surface area contributed by atoms with Gasteiger partial charge in [0, 0.05) is 22.1 Å². The molecule has 2 aromatic carbocycles. The quantitative estimate of drug-likeness (QED) is 0.634. The van der Waals surface area contributed by atoms with Gasteiger partial charge in [0.1, 0.15) is 0 Å². The molecule has 0 unspecified atom stereocenters. The van der Waals surface area contributed by atoms with Gasteiger partial charge >= 0.3 is 5.97 Å². The lowest BCUT2D eigenvalue weighted by Crippen LogP contribution is -2.32. The molecule has 1 aromatic heterocycles. The van der Waals surface area contributed by atoms with Crippen LogP contribution in [0.3, 0.4) is 0 Å². The Morgan fingerprint density at radius 1 is 1.03 bits per heavy atom. The van der Waals surface area contributed by atoms with Gasteiger partial charge in [-0.25, -0.2) is 9.78 Å². The Kier molecular flexibility index (Phi) is 5.32. The standard InChI is InChI=1S/C20H15N3O4S2/c1-12(24)21-20-22-13(11-28-20)19(26)27-10-18(25)23-14-6-2-4-8-16(14)29-17-9-5-3-7-15(17)23/h2-9,11H,10H2,1H3,(H,21,22,24). The first-order valence-corrected chi connectivity index (χ1v) is 10.3. The number of carbonyl (C=O) groups is 3. The number of esters is 1. The van der Waals surface area contributed by atoms with Crippen LogP contribution in [0.25, 0.3) is 0 Å². The van der Waals surface area contributed by atoms with Crippen molar-refractivity contribution in [3.8, 4) is 0 Å². The van der Waals surface area contributed by atoms with Crippen LogP contribution in [-0.4, -0.2) is 29.4 Å². The smallest absolute Gasteiger partial charge is 0.358 e. The van der Waals surface area contributed by atoms with Crippen molar-refractivity contribution < 1.29 is 19.1 Å². The third-order valence-corrected chi connectivity index (χ3v) is 5.89. The monoisotopic (exact) mass is 425 g/mol. The fraction of sp³-hybridized carbons (Fsp3) is 0.100. The van der Waals surface area contributed by atoms with Crippen molar-refractivity contribution in [1.29, 1.82) is 0 Å². The van der Waals surface area contributed by atoms with Gasteiger partial charge in [-0.2, -0.15) is 0 Å². The molecular weight excluding hydrogens is 410 g/mol. The number of anilines is 3. The van der Waals surface area contributed by atoms with Gasteiger partial charge in [0.25, 0.3) is 5.91 Å². The first-order chi connectivity index (χ1) is 14.0. The molecule has 3 aromatic rings. The van der Waals surface area contributed by atoms with Crippen LogP contribution in [-0.2, 0) is 14.3 Å². The third-order valence-electron chi connectivity index (χ3n) is 4.00. The number of aromatic nitrogens is 1. The van der Waals surface area contributed by atoms with Crippen LogP contribution in [0.2, 0.25) is 0 Å². The van der Waals surface area contributed by atoms with Gasteiger partial charge in [-0.15, -0.1) is 11.3 Å². The zero-order valence-electron chi connectivity index (χ0n) is 15.2.